The van der Waals surface area contributed by atoms with Gasteiger partial charge >= 0.3 is 6.03 Å². The summed E-state index contributed by atoms with van der Waals surface area (Å²) in [6.45, 7) is 1.77. The second-order valence-electron chi connectivity index (χ2n) is 8.03. The standard InChI is InChI=1S/C23H21N5O6/c1-11-8-13(3-5-14(11)19(24)30)26-23(34)25-10-12-2-4-15-16(9-12)22(33)28(21(15)32)17-6-7-18(29)27-20(17)31/h2-5,8-9,17H,6-7,10H2,1H3,(H2,24,30)(H2,25,26,34)(H,27,29,31). The average Bonchev–Trinajstić information content (AvgIpc) is 3.02. The van der Waals surface area contributed by atoms with Gasteiger partial charge in [-0.2, -0.15) is 0 Å². The number of aryl methyl sites for hydroxylation is 1. The molecule has 2 heterocycles. The molecule has 174 valence electrons. The van der Waals surface area contributed by atoms with Gasteiger partial charge in [0.05, 0.1) is 11.1 Å². The SMILES string of the molecule is Cc1cc(NC(=O)NCc2ccc3c(c2)C(=O)N(C2CCC(=O)NC2=O)C3=O)ccc1C(N)=O. The summed E-state index contributed by atoms with van der Waals surface area (Å²) in [5, 5.41) is 7.45. The highest BCUT2D eigenvalue weighted by Crippen LogP contribution is 2.28. The molecule has 2 aliphatic heterocycles. The van der Waals surface area contributed by atoms with Gasteiger partial charge in [0.25, 0.3) is 11.8 Å². The van der Waals surface area contributed by atoms with Crippen molar-refractivity contribution in [3.8, 4) is 0 Å². The number of anilines is 1. The van der Waals surface area contributed by atoms with Crippen molar-refractivity contribution in [3.63, 3.8) is 0 Å². The minimum Gasteiger partial charge on any atom is -0.366 e. The van der Waals surface area contributed by atoms with E-state index in [1.54, 1.807) is 25.1 Å². The molecule has 2 aromatic rings. The van der Waals surface area contributed by atoms with Crippen molar-refractivity contribution in [2.45, 2.75) is 32.4 Å². The van der Waals surface area contributed by atoms with Gasteiger partial charge in [-0.15, -0.1) is 0 Å². The Bertz CT molecular complexity index is 1270. The third-order valence-corrected chi connectivity index (χ3v) is 5.71. The van der Waals surface area contributed by atoms with Gasteiger partial charge in [0, 0.05) is 24.2 Å². The quantitative estimate of drug-likeness (QED) is 0.479. The number of carbonyl (C=O) groups excluding carboxylic acids is 6. The molecule has 2 aromatic carbocycles. The van der Waals surface area contributed by atoms with Crippen LogP contribution in [0.25, 0.3) is 0 Å². The Morgan fingerprint density at radius 2 is 1.79 bits per heavy atom. The smallest absolute Gasteiger partial charge is 0.319 e. The average molecular weight is 463 g/mol. The number of hydrogen-bond donors (Lipinski definition) is 4. The van der Waals surface area contributed by atoms with Gasteiger partial charge in [-0.1, -0.05) is 6.07 Å². The zero-order chi connectivity index (χ0) is 24.6. The molecule has 2 aliphatic rings. The van der Waals surface area contributed by atoms with E-state index >= 15 is 0 Å². The van der Waals surface area contributed by atoms with Crippen molar-refractivity contribution in [3.05, 3.63) is 64.2 Å². The van der Waals surface area contributed by atoms with Crippen molar-refractivity contribution in [2.75, 3.05) is 5.32 Å². The third kappa shape index (κ3) is 4.22. The number of hydrogen-bond acceptors (Lipinski definition) is 6. The van der Waals surface area contributed by atoms with Crippen LogP contribution in [0.5, 0.6) is 0 Å². The number of nitrogens with two attached hydrogens (primary N) is 1. The number of imide groups is 2. The van der Waals surface area contributed by atoms with Crippen molar-refractivity contribution in [1.29, 1.82) is 0 Å². The highest BCUT2D eigenvalue weighted by molar-refractivity contribution is 6.23. The Balaban J connectivity index is 1.41. The number of benzene rings is 2. The predicted molar refractivity (Wildman–Crippen MR) is 119 cm³/mol. The van der Waals surface area contributed by atoms with E-state index in [4.69, 9.17) is 5.73 Å². The second-order valence-corrected chi connectivity index (χ2v) is 8.03. The van der Waals surface area contributed by atoms with Gasteiger partial charge in [-0.25, -0.2) is 4.79 Å². The first-order valence-corrected chi connectivity index (χ1v) is 10.5. The highest BCUT2D eigenvalue weighted by atomic mass is 16.2. The predicted octanol–water partition coefficient (Wildman–Crippen LogP) is 0.817. The van der Waals surface area contributed by atoms with E-state index < -0.39 is 41.6 Å². The van der Waals surface area contributed by atoms with E-state index in [9.17, 15) is 28.8 Å². The molecule has 11 nitrogen and oxygen atoms in total. The van der Waals surface area contributed by atoms with Crippen LogP contribution >= 0.6 is 0 Å². The Kier molecular flexibility index (Phi) is 5.84. The molecule has 0 spiro atoms. The van der Waals surface area contributed by atoms with E-state index in [1.807, 2.05) is 0 Å². The summed E-state index contributed by atoms with van der Waals surface area (Å²) in [7, 11) is 0. The van der Waals surface area contributed by atoms with E-state index in [-0.39, 0.29) is 30.5 Å². The van der Waals surface area contributed by atoms with Crippen LogP contribution in [0.1, 0.15) is 55.0 Å². The number of piperidine rings is 1. The molecule has 1 unspecified atom stereocenters. The van der Waals surface area contributed by atoms with Crippen LogP contribution in [0.2, 0.25) is 0 Å². The lowest BCUT2D eigenvalue weighted by Crippen LogP contribution is -2.54. The molecule has 1 fully saturated rings. The Labute approximate surface area is 193 Å². The lowest BCUT2D eigenvalue weighted by Gasteiger charge is -2.27. The summed E-state index contributed by atoms with van der Waals surface area (Å²) in [5.41, 5.74) is 7.58. The number of nitrogens with zero attached hydrogens (tertiary/aromatic N) is 1. The monoisotopic (exact) mass is 463 g/mol. The van der Waals surface area contributed by atoms with Gasteiger partial charge in [0.15, 0.2) is 0 Å². The van der Waals surface area contributed by atoms with E-state index in [0.29, 0.717) is 22.4 Å². The number of nitrogens with one attached hydrogen (secondary N) is 3. The first-order valence-electron chi connectivity index (χ1n) is 10.5. The first kappa shape index (κ1) is 22.6. The minimum atomic E-state index is -1.04. The van der Waals surface area contributed by atoms with Crippen LogP contribution in [0.15, 0.2) is 36.4 Å². The molecule has 0 aliphatic carbocycles. The molecule has 1 atom stereocenters. The molecule has 1 saturated heterocycles. The molecule has 4 rings (SSSR count). The van der Waals surface area contributed by atoms with Crippen molar-refractivity contribution in [2.24, 2.45) is 5.73 Å². The highest BCUT2D eigenvalue weighted by Gasteiger charge is 2.44. The molecule has 5 N–H and O–H groups in total. The summed E-state index contributed by atoms with van der Waals surface area (Å²) in [6.07, 6.45) is 0.115. The molecule has 7 amide bonds. The summed E-state index contributed by atoms with van der Waals surface area (Å²) in [6, 6.07) is 7.70. The number of urea groups is 1. The fourth-order valence-electron chi connectivity index (χ4n) is 4.00. The zero-order valence-electron chi connectivity index (χ0n) is 18.1. The molecule has 0 bridgehead atoms. The number of amides is 7. The van der Waals surface area contributed by atoms with Crippen molar-refractivity contribution in [1.82, 2.24) is 15.5 Å². The Morgan fingerprint density at radius 1 is 1.06 bits per heavy atom. The van der Waals surface area contributed by atoms with Crippen LogP contribution in [0.4, 0.5) is 10.5 Å². The number of primary amides is 1. The van der Waals surface area contributed by atoms with Crippen LogP contribution in [0.3, 0.4) is 0 Å². The molecular weight excluding hydrogens is 442 g/mol. The summed E-state index contributed by atoms with van der Waals surface area (Å²) < 4.78 is 0. The van der Waals surface area contributed by atoms with Gasteiger partial charge < -0.3 is 16.4 Å². The van der Waals surface area contributed by atoms with Crippen LogP contribution < -0.4 is 21.7 Å². The maximum atomic E-state index is 12.9. The van der Waals surface area contributed by atoms with Crippen LogP contribution in [-0.4, -0.2) is 46.5 Å². The largest absolute Gasteiger partial charge is 0.366 e. The van der Waals surface area contributed by atoms with E-state index in [0.717, 1.165) is 4.90 Å². The lowest BCUT2D eigenvalue weighted by atomic mass is 10.0. The second kappa shape index (κ2) is 8.77. The molecule has 11 heteroatoms. The molecule has 34 heavy (non-hydrogen) atoms. The first-order chi connectivity index (χ1) is 16.2. The number of rotatable bonds is 5. The number of fused-ring (bicyclic) bond motifs is 1. The Hall–Kier alpha value is -4.54. The molecular formula is C23H21N5O6. The summed E-state index contributed by atoms with van der Waals surface area (Å²) in [5.74, 6) is -2.89. The minimum absolute atomic E-state index is 0.0406. The van der Waals surface area contributed by atoms with Crippen LogP contribution in [-0.2, 0) is 16.1 Å². The fourth-order valence-corrected chi connectivity index (χ4v) is 4.00. The zero-order valence-corrected chi connectivity index (χ0v) is 18.1. The van der Waals surface area contributed by atoms with Crippen LogP contribution in [0, 0.1) is 6.92 Å². The maximum absolute atomic E-state index is 12.9. The van der Waals surface area contributed by atoms with Gasteiger partial charge in [0.2, 0.25) is 17.7 Å². The van der Waals surface area contributed by atoms with Crippen molar-refractivity contribution >= 4 is 41.3 Å². The normalized spacial score (nSPS) is 17.3. The fraction of sp³-hybridized carbons (Fsp3) is 0.217. The maximum Gasteiger partial charge on any atom is 0.319 e. The Morgan fingerprint density at radius 3 is 2.47 bits per heavy atom. The van der Waals surface area contributed by atoms with Gasteiger partial charge in [0.1, 0.15) is 6.04 Å². The molecule has 0 aromatic heterocycles. The van der Waals surface area contributed by atoms with Crippen molar-refractivity contribution < 1.29 is 28.8 Å². The van der Waals surface area contributed by atoms with Gasteiger partial charge in [-0.3, -0.25) is 34.2 Å². The third-order valence-electron chi connectivity index (χ3n) is 5.71. The van der Waals surface area contributed by atoms with Gasteiger partial charge in [-0.05, 0) is 54.8 Å². The summed E-state index contributed by atoms with van der Waals surface area (Å²) >= 11 is 0. The molecule has 0 radical (unpaired) electrons. The van der Waals surface area contributed by atoms with E-state index in [1.165, 1.54) is 18.2 Å². The lowest BCUT2D eigenvalue weighted by molar-refractivity contribution is -0.136. The number of carbonyl (C=O) groups is 6. The molecule has 0 saturated carbocycles. The van der Waals surface area contributed by atoms with E-state index in [2.05, 4.69) is 16.0 Å². The topological polar surface area (TPSA) is 168 Å². The summed E-state index contributed by atoms with van der Waals surface area (Å²) in [4.78, 5) is 73.6.